The molecule has 0 heterocycles. The maximum atomic E-state index is 11.3. The van der Waals surface area contributed by atoms with Crippen molar-refractivity contribution in [3.63, 3.8) is 0 Å². The van der Waals surface area contributed by atoms with Crippen molar-refractivity contribution in [1.29, 1.82) is 0 Å². The summed E-state index contributed by atoms with van der Waals surface area (Å²) in [6.07, 6.45) is -0.415. The quantitative estimate of drug-likeness (QED) is 0.228. The van der Waals surface area contributed by atoms with Crippen molar-refractivity contribution in [2.45, 2.75) is 12.5 Å². The molecular weight excluding hydrogens is 394 g/mol. The summed E-state index contributed by atoms with van der Waals surface area (Å²) >= 11 is 0. The summed E-state index contributed by atoms with van der Waals surface area (Å²) < 4.78 is 20.9. The number of aliphatic carboxylic acids is 1. The highest BCUT2D eigenvalue weighted by Gasteiger charge is 2.20. The van der Waals surface area contributed by atoms with Crippen LogP contribution in [0.15, 0.2) is 36.4 Å². The van der Waals surface area contributed by atoms with Gasteiger partial charge in [0.15, 0.2) is 11.5 Å². The Bertz CT molecular complexity index is 883. The Morgan fingerprint density at radius 2 is 1.67 bits per heavy atom. The first kappa shape index (κ1) is 23.0. The van der Waals surface area contributed by atoms with Gasteiger partial charge in [-0.3, -0.25) is 0 Å². The van der Waals surface area contributed by atoms with Crippen LogP contribution in [0.1, 0.15) is 17.2 Å². The molecule has 2 rings (SSSR count). The number of carbonyl (C=O) groups is 2. The number of carboxylic acid groups (broad SMARTS) is 1. The second-order valence-corrected chi connectivity index (χ2v) is 6.20. The Morgan fingerprint density at radius 3 is 2.30 bits per heavy atom. The Kier molecular flexibility index (Phi) is 8.45. The van der Waals surface area contributed by atoms with E-state index in [1.54, 1.807) is 38.5 Å². The van der Waals surface area contributed by atoms with Crippen LogP contribution in [0.25, 0.3) is 0 Å². The molecule has 30 heavy (non-hydrogen) atoms. The van der Waals surface area contributed by atoms with Crippen molar-refractivity contribution in [3.05, 3.63) is 47.5 Å². The van der Waals surface area contributed by atoms with E-state index in [0.717, 1.165) is 5.56 Å². The molecule has 0 radical (unpaired) electrons. The van der Waals surface area contributed by atoms with Crippen LogP contribution in [0, 0.1) is 0 Å². The lowest BCUT2D eigenvalue weighted by Gasteiger charge is -2.17. The van der Waals surface area contributed by atoms with Crippen molar-refractivity contribution in [1.82, 2.24) is 5.32 Å². The summed E-state index contributed by atoms with van der Waals surface area (Å²) in [5.74, 6) is -1.48. The SMILES string of the molecule is COc1ccc(CCNCC(O)c2ccccc2OC(=O)C(=O)O)c(OC)c1OC. The van der Waals surface area contributed by atoms with Crippen LogP contribution in [-0.2, 0) is 16.0 Å². The molecule has 0 aliphatic heterocycles. The van der Waals surface area contributed by atoms with Crippen LogP contribution in [0.2, 0.25) is 0 Å². The number of hydrogen-bond acceptors (Lipinski definition) is 8. The van der Waals surface area contributed by atoms with Crippen molar-refractivity contribution in [2.75, 3.05) is 34.4 Å². The predicted octanol–water partition coefficient (Wildman–Crippen LogP) is 1.57. The summed E-state index contributed by atoms with van der Waals surface area (Å²) in [6, 6.07) is 9.89. The number of carboxylic acids is 1. The number of benzene rings is 2. The van der Waals surface area contributed by atoms with E-state index in [-0.39, 0.29) is 12.3 Å². The molecule has 0 amide bonds. The standard InChI is InChI=1S/C21H25NO8/c1-27-17-9-8-13(18(28-2)19(17)29-3)10-11-22-12-15(23)14-6-4-5-7-16(14)30-21(26)20(24)25/h4-9,15,22-23H,10-12H2,1-3H3,(H,24,25). The van der Waals surface area contributed by atoms with E-state index in [9.17, 15) is 14.7 Å². The van der Waals surface area contributed by atoms with Gasteiger partial charge in [-0.15, -0.1) is 0 Å². The third kappa shape index (κ3) is 5.62. The molecule has 0 aliphatic carbocycles. The van der Waals surface area contributed by atoms with Gasteiger partial charge in [0.25, 0.3) is 0 Å². The Labute approximate surface area is 174 Å². The molecule has 0 fully saturated rings. The van der Waals surface area contributed by atoms with Gasteiger partial charge < -0.3 is 34.5 Å². The van der Waals surface area contributed by atoms with Crippen LogP contribution in [0.5, 0.6) is 23.0 Å². The second-order valence-electron chi connectivity index (χ2n) is 6.20. The minimum absolute atomic E-state index is 0.000704. The van der Waals surface area contributed by atoms with Crippen molar-refractivity contribution >= 4 is 11.9 Å². The fourth-order valence-electron chi connectivity index (χ4n) is 2.92. The van der Waals surface area contributed by atoms with Gasteiger partial charge in [0.1, 0.15) is 5.75 Å². The molecule has 9 nitrogen and oxygen atoms in total. The molecule has 0 spiro atoms. The minimum Gasteiger partial charge on any atom is -0.493 e. The third-order valence-electron chi connectivity index (χ3n) is 4.35. The largest absolute Gasteiger partial charge is 0.493 e. The summed E-state index contributed by atoms with van der Waals surface area (Å²) in [7, 11) is 4.63. The number of ether oxygens (including phenoxy) is 4. The maximum Gasteiger partial charge on any atom is 0.422 e. The van der Waals surface area contributed by atoms with Crippen molar-refractivity contribution in [3.8, 4) is 23.0 Å². The van der Waals surface area contributed by atoms with Crippen molar-refractivity contribution in [2.24, 2.45) is 0 Å². The van der Waals surface area contributed by atoms with Gasteiger partial charge in [-0.1, -0.05) is 24.3 Å². The molecule has 0 aliphatic rings. The lowest BCUT2D eigenvalue weighted by Crippen LogP contribution is -2.25. The summed E-state index contributed by atoms with van der Waals surface area (Å²) in [5.41, 5.74) is 1.20. The predicted molar refractivity (Wildman–Crippen MR) is 107 cm³/mol. The Hall–Kier alpha value is -3.30. The molecule has 2 aromatic rings. The molecule has 1 atom stereocenters. The number of carbonyl (C=O) groups excluding carboxylic acids is 1. The number of methoxy groups -OCH3 is 3. The van der Waals surface area contributed by atoms with E-state index in [1.807, 2.05) is 6.07 Å². The third-order valence-corrected chi connectivity index (χ3v) is 4.35. The molecule has 2 aromatic carbocycles. The lowest BCUT2D eigenvalue weighted by atomic mass is 10.1. The van der Waals surface area contributed by atoms with Gasteiger partial charge in [0.2, 0.25) is 5.75 Å². The molecule has 0 aromatic heterocycles. The number of nitrogens with one attached hydrogen (secondary N) is 1. The van der Waals surface area contributed by atoms with E-state index in [2.05, 4.69) is 5.32 Å². The van der Waals surface area contributed by atoms with Crippen LogP contribution in [0.4, 0.5) is 0 Å². The zero-order valence-corrected chi connectivity index (χ0v) is 17.0. The second kappa shape index (κ2) is 11.0. The normalized spacial score (nSPS) is 11.5. The number of aliphatic hydroxyl groups excluding tert-OH is 1. The molecule has 162 valence electrons. The van der Waals surface area contributed by atoms with Gasteiger partial charge in [-0.2, -0.15) is 0 Å². The van der Waals surface area contributed by atoms with Crippen LogP contribution in [0.3, 0.4) is 0 Å². The number of para-hydroxylation sites is 1. The first-order valence-electron chi connectivity index (χ1n) is 9.13. The van der Waals surface area contributed by atoms with Crippen molar-refractivity contribution < 1.29 is 38.7 Å². The highest BCUT2D eigenvalue weighted by atomic mass is 16.6. The molecule has 0 saturated heterocycles. The number of rotatable bonds is 10. The van der Waals surface area contributed by atoms with E-state index >= 15 is 0 Å². The summed E-state index contributed by atoms with van der Waals surface area (Å²) in [4.78, 5) is 22.0. The fraction of sp³-hybridized carbons (Fsp3) is 0.333. The summed E-state index contributed by atoms with van der Waals surface area (Å²) in [6.45, 7) is 0.678. The van der Waals surface area contributed by atoms with Gasteiger partial charge in [0, 0.05) is 12.1 Å². The monoisotopic (exact) mass is 419 g/mol. The number of esters is 1. The Balaban J connectivity index is 1.99. The molecule has 3 N–H and O–H groups in total. The van der Waals surface area contributed by atoms with E-state index in [1.165, 1.54) is 13.2 Å². The van der Waals surface area contributed by atoms with Gasteiger partial charge in [-0.05, 0) is 30.7 Å². The van der Waals surface area contributed by atoms with Gasteiger partial charge >= 0.3 is 11.9 Å². The minimum atomic E-state index is -1.71. The smallest absolute Gasteiger partial charge is 0.422 e. The fourth-order valence-corrected chi connectivity index (χ4v) is 2.92. The highest BCUT2D eigenvalue weighted by molar-refractivity contribution is 6.29. The van der Waals surface area contributed by atoms with Gasteiger partial charge in [0.05, 0.1) is 27.4 Å². The summed E-state index contributed by atoms with van der Waals surface area (Å²) in [5, 5.41) is 22.2. The first-order valence-corrected chi connectivity index (χ1v) is 9.13. The zero-order chi connectivity index (χ0) is 22.1. The molecular formula is C21H25NO8. The van der Waals surface area contributed by atoms with E-state index in [0.29, 0.717) is 35.8 Å². The van der Waals surface area contributed by atoms with Gasteiger partial charge in [-0.25, -0.2) is 9.59 Å². The topological polar surface area (TPSA) is 124 Å². The van der Waals surface area contributed by atoms with E-state index in [4.69, 9.17) is 24.1 Å². The number of hydrogen-bond donors (Lipinski definition) is 3. The van der Waals surface area contributed by atoms with Crippen LogP contribution < -0.4 is 24.3 Å². The highest BCUT2D eigenvalue weighted by Crippen LogP contribution is 2.39. The zero-order valence-electron chi connectivity index (χ0n) is 17.0. The average molecular weight is 419 g/mol. The lowest BCUT2D eigenvalue weighted by molar-refractivity contribution is -0.158. The first-order chi connectivity index (χ1) is 14.4. The van der Waals surface area contributed by atoms with E-state index < -0.39 is 18.0 Å². The van der Waals surface area contributed by atoms with Crippen LogP contribution >= 0.6 is 0 Å². The average Bonchev–Trinajstić information content (AvgIpc) is 2.75. The van der Waals surface area contributed by atoms with Crippen LogP contribution in [-0.4, -0.2) is 56.6 Å². The molecule has 1 unspecified atom stereocenters. The molecule has 0 bridgehead atoms. The number of aliphatic hydroxyl groups is 1. The maximum absolute atomic E-state index is 11.3. The Morgan fingerprint density at radius 1 is 0.967 bits per heavy atom. The molecule has 9 heteroatoms. The molecule has 0 saturated carbocycles.